The monoisotopic (exact) mass is 255 g/mol. The summed E-state index contributed by atoms with van der Waals surface area (Å²) in [5.74, 6) is -0.663. The Morgan fingerprint density at radius 2 is 1.77 bits per heavy atom. The molecular formula is C7H5BBrF4-. The smallest absolute Gasteiger partial charge is 0.449 e. The zero-order chi connectivity index (χ0) is 10.1. The van der Waals surface area contributed by atoms with Crippen molar-refractivity contribution in [2.45, 2.75) is 6.32 Å². The lowest BCUT2D eigenvalue weighted by molar-refractivity contribution is 0.468. The van der Waals surface area contributed by atoms with E-state index in [0.29, 0.717) is 4.47 Å². The maximum Gasteiger partial charge on any atom is 0.482 e. The Labute approximate surface area is 81.1 Å². The van der Waals surface area contributed by atoms with Gasteiger partial charge in [0.05, 0.1) is 0 Å². The van der Waals surface area contributed by atoms with Crippen molar-refractivity contribution in [3.63, 3.8) is 0 Å². The molecule has 0 radical (unpaired) electrons. The fraction of sp³-hybridized carbons (Fsp3) is 0.143. The molecule has 0 spiro atoms. The van der Waals surface area contributed by atoms with Gasteiger partial charge in [0.25, 0.3) is 0 Å². The molecule has 0 atom stereocenters. The van der Waals surface area contributed by atoms with Crippen LogP contribution in [0.3, 0.4) is 0 Å². The second-order valence-electron chi connectivity index (χ2n) is 2.69. The summed E-state index contributed by atoms with van der Waals surface area (Å²) in [6.45, 7) is -4.90. The van der Waals surface area contributed by atoms with Gasteiger partial charge in [-0.3, -0.25) is 0 Å². The minimum Gasteiger partial charge on any atom is -0.449 e. The minimum absolute atomic E-state index is 0.0561. The van der Waals surface area contributed by atoms with Gasteiger partial charge < -0.3 is 12.9 Å². The van der Waals surface area contributed by atoms with Crippen molar-refractivity contribution in [3.05, 3.63) is 34.1 Å². The molecule has 0 aromatic heterocycles. The number of benzene rings is 1. The highest BCUT2D eigenvalue weighted by Gasteiger charge is 2.23. The van der Waals surface area contributed by atoms with Crippen LogP contribution in [0.4, 0.5) is 17.3 Å². The van der Waals surface area contributed by atoms with Crippen molar-refractivity contribution in [1.29, 1.82) is 0 Å². The highest BCUT2D eigenvalue weighted by atomic mass is 79.9. The van der Waals surface area contributed by atoms with Crippen LogP contribution in [0.1, 0.15) is 5.56 Å². The molecule has 0 nitrogen and oxygen atoms in total. The summed E-state index contributed by atoms with van der Waals surface area (Å²) in [7, 11) is 0. The molecule has 0 unspecified atom stereocenters. The van der Waals surface area contributed by atoms with E-state index < -0.39 is 19.1 Å². The van der Waals surface area contributed by atoms with E-state index in [9.17, 15) is 17.3 Å². The number of rotatable bonds is 2. The summed E-state index contributed by atoms with van der Waals surface area (Å²) in [6, 6.07) is 3.27. The molecule has 0 aliphatic rings. The van der Waals surface area contributed by atoms with Gasteiger partial charge >= 0.3 is 6.98 Å². The summed E-state index contributed by atoms with van der Waals surface area (Å²) in [6.07, 6.45) is -1.05. The third kappa shape index (κ3) is 3.80. The predicted octanol–water partition coefficient (Wildman–Crippen LogP) is 3.52. The van der Waals surface area contributed by atoms with Gasteiger partial charge in [-0.2, -0.15) is 0 Å². The third-order valence-corrected chi connectivity index (χ3v) is 1.85. The zero-order valence-electron chi connectivity index (χ0n) is 6.41. The molecule has 0 heterocycles. The topological polar surface area (TPSA) is 0 Å². The fourth-order valence-corrected chi connectivity index (χ4v) is 1.51. The second kappa shape index (κ2) is 3.70. The van der Waals surface area contributed by atoms with Gasteiger partial charge in [0, 0.05) is 4.47 Å². The van der Waals surface area contributed by atoms with Gasteiger partial charge in [-0.05, 0) is 18.2 Å². The maximum atomic E-state index is 12.6. The molecule has 13 heavy (non-hydrogen) atoms. The summed E-state index contributed by atoms with van der Waals surface area (Å²) >= 11 is 2.92. The lowest BCUT2D eigenvalue weighted by Crippen LogP contribution is -2.19. The normalized spacial score (nSPS) is 11.8. The molecule has 1 aromatic carbocycles. The van der Waals surface area contributed by atoms with Crippen LogP contribution < -0.4 is 0 Å². The molecular weight excluding hydrogens is 251 g/mol. The molecule has 0 aliphatic heterocycles. The molecule has 0 saturated carbocycles. The predicted molar refractivity (Wildman–Crippen MR) is 46.9 cm³/mol. The Bertz CT molecular complexity index is 290. The lowest BCUT2D eigenvalue weighted by atomic mass is 9.82. The average Bonchev–Trinajstić information content (AvgIpc) is 1.78. The Balaban J connectivity index is 2.90. The van der Waals surface area contributed by atoms with Crippen LogP contribution in [-0.4, -0.2) is 6.98 Å². The molecule has 6 heteroatoms. The van der Waals surface area contributed by atoms with Crippen LogP contribution in [0.2, 0.25) is 0 Å². The summed E-state index contributed by atoms with van der Waals surface area (Å²) < 4.78 is 48.7. The van der Waals surface area contributed by atoms with E-state index >= 15 is 0 Å². The largest absolute Gasteiger partial charge is 0.482 e. The van der Waals surface area contributed by atoms with Crippen molar-refractivity contribution >= 4 is 22.9 Å². The van der Waals surface area contributed by atoms with Crippen LogP contribution in [0.25, 0.3) is 0 Å². The zero-order valence-corrected chi connectivity index (χ0v) is 7.99. The molecule has 72 valence electrons. The Morgan fingerprint density at radius 3 is 2.23 bits per heavy atom. The summed E-state index contributed by atoms with van der Waals surface area (Å²) in [5.41, 5.74) is -0.0561. The first kappa shape index (κ1) is 10.6. The highest BCUT2D eigenvalue weighted by molar-refractivity contribution is 9.10. The van der Waals surface area contributed by atoms with Gasteiger partial charge in [-0.1, -0.05) is 27.8 Å². The molecule has 1 rings (SSSR count). The third-order valence-electron chi connectivity index (χ3n) is 1.39. The summed E-state index contributed by atoms with van der Waals surface area (Å²) in [5, 5.41) is 0. The van der Waals surface area contributed by atoms with Crippen LogP contribution in [-0.2, 0) is 6.32 Å². The van der Waals surface area contributed by atoms with E-state index in [4.69, 9.17) is 0 Å². The Kier molecular flexibility index (Phi) is 3.00. The van der Waals surface area contributed by atoms with Crippen molar-refractivity contribution in [3.8, 4) is 0 Å². The van der Waals surface area contributed by atoms with Gasteiger partial charge in [-0.25, -0.2) is 4.39 Å². The van der Waals surface area contributed by atoms with Gasteiger partial charge in [0.1, 0.15) is 5.82 Å². The van der Waals surface area contributed by atoms with Crippen LogP contribution in [0, 0.1) is 5.82 Å². The molecule has 0 bridgehead atoms. The highest BCUT2D eigenvalue weighted by Crippen LogP contribution is 2.20. The number of hydrogen-bond acceptors (Lipinski definition) is 0. The standard InChI is InChI=1S/C7H5BBrF4/c9-6-1-5(2-7(10)3-6)4-8(11,12)13/h1-3H,4H2/q-1. The van der Waals surface area contributed by atoms with Crippen LogP contribution >= 0.6 is 15.9 Å². The summed E-state index contributed by atoms with van der Waals surface area (Å²) in [4.78, 5) is 0. The molecule has 0 fully saturated rings. The average molecular weight is 256 g/mol. The van der Waals surface area contributed by atoms with E-state index in [1.54, 1.807) is 0 Å². The van der Waals surface area contributed by atoms with E-state index in [0.717, 1.165) is 12.1 Å². The molecule has 0 saturated heterocycles. The van der Waals surface area contributed by atoms with E-state index in [1.165, 1.54) is 6.07 Å². The Morgan fingerprint density at radius 1 is 1.15 bits per heavy atom. The molecule has 0 aliphatic carbocycles. The molecule has 0 N–H and O–H groups in total. The van der Waals surface area contributed by atoms with Gasteiger partial charge in [-0.15, -0.1) is 0 Å². The van der Waals surface area contributed by atoms with Gasteiger partial charge in [0.2, 0.25) is 0 Å². The molecule has 0 amide bonds. The first-order valence-corrected chi connectivity index (χ1v) is 4.32. The quantitative estimate of drug-likeness (QED) is 0.560. The van der Waals surface area contributed by atoms with Gasteiger partial charge in [0.15, 0.2) is 0 Å². The minimum atomic E-state index is -4.90. The lowest BCUT2D eigenvalue weighted by Gasteiger charge is -2.13. The SMILES string of the molecule is Fc1cc(Br)cc(C[B-](F)(F)F)c1. The number of halogens is 5. The van der Waals surface area contributed by atoms with E-state index in [-0.39, 0.29) is 5.56 Å². The van der Waals surface area contributed by atoms with Crippen molar-refractivity contribution < 1.29 is 17.3 Å². The van der Waals surface area contributed by atoms with Crippen LogP contribution in [0.5, 0.6) is 0 Å². The Hall–Kier alpha value is -0.515. The second-order valence-corrected chi connectivity index (χ2v) is 3.61. The van der Waals surface area contributed by atoms with E-state index in [1.807, 2.05) is 0 Å². The van der Waals surface area contributed by atoms with Crippen molar-refractivity contribution in [2.24, 2.45) is 0 Å². The van der Waals surface area contributed by atoms with E-state index in [2.05, 4.69) is 15.9 Å². The maximum absolute atomic E-state index is 12.6. The number of hydrogen-bond donors (Lipinski definition) is 0. The van der Waals surface area contributed by atoms with Crippen molar-refractivity contribution in [2.75, 3.05) is 0 Å². The fourth-order valence-electron chi connectivity index (χ4n) is 0.996. The molecule has 1 aromatic rings. The first-order valence-electron chi connectivity index (χ1n) is 3.53. The van der Waals surface area contributed by atoms with Crippen molar-refractivity contribution in [1.82, 2.24) is 0 Å². The first-order chi connectivity index (χ1) is 5.87. The van der Waals surface area contributed by atoms with Crippen LogP contribution in [0.15, 0.2) is 22.7 Å².